The summed E-state index contributed by atoms with van der Waals surface area (Å²) < 4.78 is 0. The van der Waals surface area contributed by atoms with Crippen molar-refractivity contribution < 1.29 is 0 Å². The third-order valence-electron chi connectivity index (χ3n) is 10.8. The highest BCUT2D eigenvalue weighted by Crippen LogP contribution is 2.43. The van der Waals surface area contributed by atoms with Crippen LogP contribution < -0.4 is 0 Å². The van der Waals surface area contributed by atoms with Crippen LogP contribution in [0.4, 0.5) is 0 Å². The lowest BCUT2D eigenvalue weighted by atomic mass is 9.87. The summed E-state index contributed by atoms with van der Waals surface area (Å²) in [6.45, 7) is 0. The summed E-state index contributed by atoms with van der Waals surface area (Å²) in [7, 11) is 0. The first-order valence-corrected chi connectivity index (χ1v) is 17.8. The Morgan fingerprint density at radius 3 is 1.58 bits per heavy atom. The summed E-state index contributed by atoms with van der Waals surface area (Å²) in [5, 5.41) is 16.0. The standard InChI is InChI=1S/C50H30N2/c1-2-13-32(14-3-1)49-44-22-10-11-24-46(44)51-50(52-49)43-28-27-35(36-16-4-8-20-40(36)43)34-29-33-26-25-31-15-12-23-42-39-19-7-5-17-37(39)38-18-6-9-21-41(38)45(30-34)48(33)47(31)42/h1-30H. The van der Waals surface area contributed by atoms with Crippen LogP contribution in [0.2, 0.25) is 0 Å². The fourth-order valence-electron chi connectivity index (χ4n) is 8.50. The second-order valence-electron chi connectivity index (χ2n) is 13.7. The Bertz CT molecular complexity index is 3230. The Kier molecular flexibility index (Phi) is 6.28. The highest BCUT2D eigenvalue weighted by Gasteiger charge is 2.18. The van der Waals surface area contributed by atoms with E-state index in [4.69, 9.17) is 9.97 Å². The van der Waals surface area contributed by atoms with Gasteiger partial charge >= 0.3 is 0 Å². The maximum Gasteiger partial charge on any atom is 0.161 e. The van der Waals surface area contributed by atoms with Crippen molar-refractivity contribution in [3.8, 4) is 33.8 Å². The van der Waals surface area contributed by atoms with Crippen LogP contribution in [-0.2, 0) is 0 Å². The van der Waals surface area contributed by atoms with Crippen molar-refractivity contribution in [2.24, 2.45) is 0 Å². The molecule has 0 radical (unpaired) electrons. The van der Waals surface area contributed by atoms with Gasteiger partial charge in [0.15, 0.2) is 5.82 Å². The Morgan fingerprint density at radius 1 is 0.288 bits per heavy atom. The molecular formula is C50H30N2. The van der Waals surface area contributed by atoms with Crippen LogP contribution in [-0.4, -0.2) is 9.97 Å². The molecule has 0 amide bonds. The number of benzene rings is 9. The highest BCUT2D eigenvalue weighted by molar-refractivity contribution is 6.33. The Balaban J connectivity index is 1.21. The zero-order valence-corrected chi connectivity index (χ0v) is 28.2. The lowest BCUT2D eigenvalue weighted by Gasteiger charge is -2.17. The Morgan fingerprint density at radius 2 is 0.827 bits per heavy atom. The minimum absolute atomic E-state index is 0.730. The van der Waals surface area contributed by atoms with Gasteiger partial charge in [0.2, 0.25) is 0 Å². The van der Waals surface area contributed by atoms with Gasteiger partial charge in [0.25, 0.3) is 0 Å². The van der Waals surface area contributed by atoms with E-state index in [-0.39, 0.29) is 0 Å². The first kappa shape index (κ1) is 28.9. The van der Waals surface area contributed by atoms with E-state index in [0.29, 0.717) is 0 Å². The Labute approximate surface area is 300 Å². The van der Waals surface area contributed by atoms with Crippen LogP contribution in [0, 0.1) is 0 Å². The molecule has 0 unspecified atom stereocenters. The second kappa shape index (κ2) is 11.3. The van der Waals surface area contributed by atoms with Gasteiger partial charge in [-0.1, -0.05) is 158 Å². The minimum Gasteiger partial charge on any atom is -0.228 e. The molecule has 0 spiro atoms. The van der Waals surface area contributed by atoms with Crippen LogP contribution in [0.3, 0.4) is 0 Å². The van der Waals surface area contributed by atoms with Crippen molar-refractivity contribution in [1.82, 2.24) is 9.97 Å². The van der Waals surface area contributed by atoms with Crippen molar-refractivity contribution >= 4 is 75.5 Å². The normalized spacial score (nSPS) is 11.8. The Hall–Kier alpha value is -6.90. The molecule has 1 heterocycles. The molecule has 11 rings (SSSR count). The van der Waals surface area contributed by atoms with Crippen molar-refractivity contribution in [3.05, 3.63) is 182 Å². The van der Waals surface area contributed by atoms with E-state index in [0.717, 1.165) is 38.9 Å². The van der Waals surface area contributed by atoms with Gasteiger partial charge in [-0.05, 0) is 100 Å². The van der Waals surface area contributed by atoms with Gasteiger partial charge in [-0.15, -0.1) is 0 Å². The van der Waals surface area contributed by atoms with Crippen LogP contribution >= 0.6 is 0 Å². The van der Waals surface area contributed by atoms with E-state index < -0.39 is 0 Å². The molecule has 0 atom stereocenters. The van der Waals surface area contributed by atoms with Crippen molar-refractivity contribution in [2.45, 2.75) is 0 Å². The molecule has 2 heteroatoms. The smallest absolute Gasteiger partial charge is 0.161 e. The molecule has 1 aromatic heterocycles. The first-order chi connectivity index (χ1) is 25.8. The minimum atomic E-state index is 0.730. The van der Waals surface area contributed by atoms with Crippen molar-refractivity contribution in [2.75, 3.05) is 0 Å². The zero-order valence-electron chi connectivity index (χ0n) is 28.2. The summed E-state index contributed by atoms with van der Waals surface area (Å²) in [4.78, 5) is 10.4. The third kappa shape index (κ3) is 4.31. The van der Waals surface area contributed by atoms with E-state index in [9.17, 15) is 0 Å². The monoisotopic (exact) mass is 658 g/mol. The molecule has 240 valence electrons. The van der Waals surface area contributed by atoms with Crippen LogP contribution in [0.5, 0.6) is 0 Å². The maximum absolute atomic E-state index is 5.25. The zero-order chi connectivity index (χ0) is 34.2. The number of fused-ring (bicyclic) bond motifs is 7. The van der Waals surface area contributed by atoms with E-state index >= 15 is 0 Å². The topological polar surface area (TPSA) is 25.8 Å². The van der Waals surface area contributed by atoms with E-state index in [2.05, 4.69) is 170 Å². The molecule has 10 aromatic carbocycles. The second-order valence-corrected chi connectivity index (χ2v) is 13.7. The molecule has 0 saturated heterocycles. The number of hydrogen-bond donors (Lipinski definition) is 0. The van der Waals surface area contributed by atoms with Crippen molar-refractivity contribution in [3.63, 3.8) is 0 Å². The number of nitrogens with zero attached hydrogens (tertiary/aromatic N) is 2. The SMILES string of the molecule is c1ccc(-c2nc(-c3ccc(-c4cc5ccc6cccc7c8ccccc8c8ccccc8c(c4)c5c67)c4ccccc34)nc3ccccc23)cc1. The first-order valence-electron chi connectivity index (χ1n) is 17.8. The summed E-state index contributed by atoms with van der Waals surface area (Å²) in [5.41, 5.74) is 6.37. The molecule has 0 aliphatic rings. The van der Waals surface area contributed by atoms with Crippen LogP contribution in [0.1, 0.15) is 0 Å². The molecule has 0 aliphatic heterocycles. The fourth-order valence-corrected chi connectivity index (χ4v) is 8.50. The predicted octanol–water partition coefficient (Wildman–Crippen LogP) is 13.5. The molecule has 0 saturated carbocycles. The van der Waals surface area contributed by atoms with E-state index in [1.54, 1.807) is 0 Å². The van der Waals surface area contributed by atoms with Gasteiger partial charge in [-0.25, -0.2) is 9.97 Å². The summed E-state index contributed by atoms with van der Waals surface area (Å²) >= 11 is 0. The van der Waals surface area contributed by atoms with Gasteiger partial charge in [-0.2, -0.15) is 0 Å². The van der Waals surface area contributed by atoms with Gasteiger partial charge < -0.3 is 0 Å². The summed E-state index contributed by atoms with van der Waals surface area (Å²) in [5.74, 6) is 0.730. The average Bonchev–Trinajstić information content (AvgIpc) is 3.22. The molecule has 2 nitrogen and oxygen atoms in total. The van der Waals surface area contributed by atoms with Gasteiger partial charge in [0.1, 0.15) is 0 Å². The maximum atomic E-state index is 5.25. The number of para-hydroxylation sites is 1. The number of rotatable bonds is 3. The third-order valence-corrected chi connectivity index (χ3v) is 10.8. The molecule has 0 N–H and O–H groups in total. The number of hydrogen-bond acceptors (Lipinski definition) is 2. The van der Waals surface area contributed by atoms with E-state index in [1.165, 1.54) is 70.4 Å². The van der Waals surface area contributed by atoms with Gasteiger partial charge in [0.05, 0.1) is 11.2 Å². The predicted molar refractivity (Wildman–Crippen MR) is 221 cm³/mol. The highest BCUT2D eigenvalue weighted by atomic mass is 14.9. The summed E-state index contributed by atoms with van der Waals surface area (Å²) in [6.07, 6.45) is 0. The van der Waals surface area contributed by atoms with Crippen LogP contribution in [0.15, 0.2) is 182 Å². The summed E-state index contributed by atoms with van der Waals surface area (Å²) in [6, 6.07) is 65.8. The van der Waals surface area contributed by atoms with Crippen molar-refractivity contribution in [1.29, 1.82) is 0 Å². The molecule has 0 fully saturated rings. The van der Waals surface area contributed by atoms with Gasteiger partial charge in [-0.3, -0.25) is 0 Å². The molecule has 52 heavy (non-hydrogen) atoms. The average molecular weight is 659 g/mol. The van der Waals surface area contributed by atoms with E-state index in [1.807, 2.05) is 12.1 Å². The van der Waals surface area contributed by atoms with Crippen LogP contribution in [0.25, 0.3) is 109 Å². The molecular weight excluding hydrogens is 629 g/mol. The largest absolute Gasteiger partial charge is 0.228 e. The lowest BCUT2D eigenvalue weighted by Crippen LogP contribution is -1.96. The molecule has 0 aliphatic carbocycles. The fraction of sp³-hybridized carbons (Fsp3) is 0. The van der Waals surface area contributed by atoms with Gasteiger partial charge in [0, 0.05) is 16.5 Å². The lowest BCUT2D eigenvalue weighted by molar-refractivity contribution is 1.23. The quantitative estimate of drug-likeness (QED) is 0.177. The number of aromatic nitrogens is 2. The molecule has 0 bridgehead atoms. The molecule has 11 aromatic rings.